The molecule has 1 amide bonds. The third-order valence-electron chi connectivity index (χ3n) is 5.17. The van der Waals surface area contributed by atoms with Gasteiger partial charge in [-0.25, -0.2) is 9.97 Å². The van der Waals surface area contributed by atoms with Crippen LogP contribution < -0.4 is 19.9 Å². The molecule has 7 nitrogen and oxygen atoms in total. The molecule has 7 heteroatoms. The highest BCUT2D eigenvalue weighted by molar-refractivity contribution is 6.01. The fourth-order valence-corrected chi connectivity index (χ4v) is 3.48. The summed E-state index contributed by atoms with van der Waals surface area (Å²) in [7, 11) is 1.62. The summed E-state index contributed by atoms with van der Waals surface area (Å²) in [5.41, 5.74) is 2.15. The number of carbonyl (C=O) groups is 1. The second kappa shape index (κ2) is 9.75. The minimum atomic E-state index is -0.241. The number of nitrogens with one attached hydrogen (secondary N) is 1. The predicted molar refractivity (Wildman–Crippen MR) is 124 cm³/mol. The number of piperazine rings is 1. The molecule has 0 aliphatic carbocycles. The Morgan fingerprint density at radius 3 is 2.39 bits per heavy atom. The van der Waals surface area contributed by atoms with Gasteiger partial charge < -0.3 is 19.9 Å². The minimum Gasteiger partial charge on any atom is -0.497 e. The smallest absolute Gasteiger partial charge is 0.249 e. The number of nitrogens with zero attached hydrogens (tertiary/aromatic N) is 4. The monoisotopic (exact) mass is 415 g/mol. The Morgan fingerprint density at radius 2 is 1.68 bits per heavy atom. The lowest BCUT2D eigenvalue weighted by atomic mass is 10.2. The molecule has 0 radical (unpaired) electrons. The maximum atomic E-state index is 12.3. The molecule has 1 aliphatic heterocycles. The quantitative estimate of drug-likeness (QED) is 0.622. The van der Waals surface area contributed by atoms with Gasteiger partial charge in [-0.3, -0.25) is 4.79 Å². The van der Waals surface area contributed by atoms with Crippen LogP contribution in [0, 0.1) is 0 Å². The summed E-state index contributed by atoms with van der Waals surface area (Å²) in [5, 5.41) is 2.81. The first kappa shape index (κ1) is 20.4. The van der Waals surface area contributed by atoms with E-state index < -0.39 is 0 Å². The molecule has 3 aromatic rings. The first-order valence-electron chi connectivity index (χ1n) is 10.2. The Morgan fingerprint density at radius 1 is 0.968 bits per heavy atom. The van der Waals surface area contributed by atoms with Crippen molar-refractivity contribution >= 4 is 29.3 Å². The second-order valence-corrected chi connectivity index (χ2v) is 7.17. The van der Waals surface area contributed by atoms with E-state index in [2.05, 4.69) is 49.4 Å². The van der Waals surface area contributed by atoms with Crippen LogP contribution in [0.3, 0.4) is 0 Å². The third kappa shape index (κ3) is 5.39. The van der Waals surface area contributed by atoms with Crippen molar-refractivity contribution in [1.82, 2.24) is 9.97 Å². The summed E-state index contributed by atoms with van der Waals surface area (Å²) in [6.45, 7) is 3.55. The molecule has 0 saturated carbocycles. The molecule has 31 heavy (non-hydrogen) atoms. The Balaban J connectivity index is 1.34. The number of ether oxygens (including phenoxy) is 1. The Hall–Kier alpha value is -3.87. The number of rotatable bonds is 6. The van der Waals surface area contributed by atoms with Gasteiger partial charge in [0.1, 0.15) is 23.7 Å². The van der Waals surface area contributed by atoms with E-state index in [1.54, 1.807) is 13.2 Å². The van der Waals surface area contributed by atoms with E-state index in [1.165, 1.54) is 18.1 Å². The van der Waals surface area contributed by atoms with Crippen LogP contribution in [-0.4, -0.2) is 49.2 Å². The van der Waals surface area contributed by atoms with Crippen LogP contribution in [0.5, 0.6) is 5.75 Å². The molecule has 2 heterocycles. The van der Waals surface area contributed by atoms with Gasteiger partial charge in [-0.15, -0.1) is 0 Å². The van der Waals surface area contributed by atoms with Gasteiger partial charge in [0.15, 0.2) is 0 Å². The van der Waals surface area contributed by atoms with Crippen LogP contribution in [0.4, 0.5) is 17.3 Å². The largest absolute Gasteiger partial charge is 0.497 e. The van der Waals surface area contributed by atoms with Crippen LogP contribution in [0.15, 0.2) is 73.1 Å². The molecule has 0 atom stereocenters. The summed E-state index contributed by atoms with van der Waals surface area (Å²) in [6, 6.07) is 19.7. The van der Waals surface area contributed by atoms with Gasteiger partial charge in [0, 0.05) is 44.0 Å². The maximum absolute atomic E-state index is 12.3. The van der Waals surface area contributed by atoms with Crippen LogP contribution in [0.2, 0.25) is 0 Å². The lowest BCUT2D eigenvalue weighted by molar-refractivity contribution is -0.111. The van der Waals surface area contributed by atoms with Gasteiger partial charge in [0.25, 0.3) is 0 Å². The van der Waals surface area contributed by atoms with Gasteiger partial charge >= 0.3 is 0 Å². The second-order valence-electron chi connectivity index (χ2n) is 7.17. The predicted octanol–water partition coefficient (Wildman–Crippen LogP) is 3.46. The van der Waals surface area contributed by atoms with Crippen molar-refractivity contribution in [2.45, 2.75) is 0 Å². The average molecular weight is 415 g/mol. The normalized spacial score (nSPS) is 14.0. The maximum Gasteiger partial charge on any atom is 0.249 e. The van der Waals surface area contributed by atoms with Crippen LogP contribution in [0.25, 0.3) is 6.08 Å². The van der Waals surface area contributed by atoms with E-state index in [1.807, 2.05) is 36.4 Å². The van der Waals surface area contributed by atoms with E-state index in [9.17, 15) is 4.79 Å². The molecule has 0 bridgehead atoms. The van der Waals surface area contributed by atoms with Crippen LogP contribution in [-0.2, 0) is 4.79 Å². The fraction of sp³-hybridized carbons (Fsp3) is 0.208. The number of carbonyl (C=O) groups excluding carboxylic acids is 1. The van der Waals surface area contributed by atoms with Crippen molar-refractivity contribution in [3.8, 4) is 5.75 Å². The van der Waals surface area contributed by atoms with Gasteiger partial charge in [0.2, 0.25) is 5.91 Å². The van der Waals surface area contributed by atoms with Crippen molar-refractivity contribution in [1.29, 1.82) is 0 Å². The first-order valence-corrected chi connectivity index (χ1v) is 10.2. The van der Waals surface area contributed by atoms with Crippen LogP contribution in [0.1, 0.15) is 5.56 Å². The molecular formula is C24H25N5O2. The van der Waals surface area contributed by atoms with Gasteiger partial charge in [-0.1, -0.05) is 30.3 Å². The number of anilines is 3. The van der Waals surface area contributed by atoms with Crippen molar-refractivity contribution < 1.29 is 9.53 Å². The standard InChI is InChI=1S/C24H25N5O2/c1-31-21-10-7-19(8-11-21)9-12-24(30)27-22-17-23(26-18-25-22)29-15-13-28(14-16-29)20-5-3-2-4-6-20/h2-12,17-18H,13-16H2,1H3,(H,25,26,27,30)/b12-9+. The van der Waals surface area contributed by atoms with Crippen molar-refractivity contribution in [3.63, 3.8) is 0 Å². The van der Waals surface area contributed by atoms with Crippen molar-refractivity contribution in [2.75, 3.05) is 48.4 Å². The SMILES string of the molecule is COc1ccc(/C=C/C(=O)Nc2cc(N3CCN(c4ccccc4)CC3)ncn2)cc1. The number of hydrogen-bond acceptors (Lipinski definition) is 6. The number of aromatic nitrogens is 2. The third-order valence-corrected chi connectivity index (χ3v) is 5.17. The zero-order valence-electron chi connectivity index (χ0n) is 17.4. The molecule has 1 saturated heterocycles. The fourth-order valence-electron chi connectivity index (χ4n) is 3.48. The number of methoxy groups -OCH3 is 1. The Kier molecular flexibility index (Phi) is 6.42. The topological polar surface area (TPSA) is 70.6 Å². The molecule has 1 aromatic heterocycles. The van der Waals surface area contributed by atoms with E-state index >= 15 is 0 Å². The highest BCUT2D eigenvalue weighted by Gasteiger charge is 2.18. The zero-order chi connectivity index (χ0) is 21.5. The summed E-state index contributed by atoms with van der Waals surface area (Å²) in [4.78, 5) is 25.4. The number of benzene rings is 2. The molecule has 2 aromatic carbocycles. The van der Waals surface area contributed by atoms with Crippen molar-refractivity contribution in [3.05, 3.63) is 78.6 Å². The first-order chi connectivity index (χ1) is 15.2. The summed E-state index contributed by atoms with van der Waals surface area (Å²) in [5.74, 6) is 1.84. The highest BCUT2D eigenvalue weighted by atomic mass is 16.5. The number of hydrogen-bond donors (Lipinski definition) is 1. The summed E-state index contributed by atoms with van der Waals surface area (Å²) >= 11 is 0. The summed E-state index contributed by atoms with van der Waals surface area (Å²) in [6.07, 6.45) is 4.73. The lowest BCUT2D eigenvalue weighted by Crippen LogP contribution is -2.46. The van der Waals surface area contributed by atoms with Gasteiger partial charge in [-0.05, 0) is 35.9 Å². The van der Waals surface area contributed by atoms with Crippen LogP contribution >= 0.6 is 0 Å². The van der Waals surface area contributed by atoms with E-state index in [0.29, 0.717) is 5.82 Å². The molecule has 0 spiro atoms. The molecular weight excluding hydrogens is 390 g/mol. The highest BCUT2D eigenvalue weighted by Crippen LogP contribution is 2.20. The molecule has 4 rings (SSSR count). The number of para-hydroxylation sites is 1. The van der Waals surface area contributed by atoms with Gasteiger partial charge in [0.05, 0.1) is 7.11 Å². The summed E-state index contributed by atoms with van der Waals surface area (Å²) < 4.78 is 5.14. The molecule has 1 fully saturated rings. The number of amides is 1. The average Bonchev–Trinajstić information content (AvgIpc) is 2.84. The van der Waals surface area contributed by atoms with E-state index in [0.717, 1.165) is 43.3 Å². The molecule has 1 aliphatic rings. The van der Waals surface area contributed by atoms with Gasteiger partial charge in [-0.2, -0.15) is 0 Å². The van der Waals surface area contributed by atoms with Crippen molar-refractivity contribution in [2.24, 2.45) is 0 Å². The molecule has 158 valence electrons. The van der Waals surface area contributed by atoms with E-state index in [-0.39, 0.29) is 5.91 Å². The molecule has 0 unspecified atom stereocenters. The zero-order valence-corrected chi connectivity index (χ0v) is 17.4. The lowest BCUT2D eigenvalue weighted by Gasteiger charge is -2.36. The Labute approximate surface area is 182 Å². The molecule has 1 N–H and O–H groups in total. The Bertz CT molecular complexity index is 1030. The van der Waals surface area contributed by atoms with E-state index in [4.69, 9.17) is 4.74 Å². The minimum absolute atomic E-state index is 0.241.